The Bertz CT molecular complexity index is 523. The SMILES string of the molecule is Cc1cc(C)n(/C=C/C(=O)c2cccs2)n1. The summed E-state index contributed by atoms with van der Waals surface area (Å²) in [4.78, 5) is 12.4. The summed E-state index contributed by atoms with van der Waals surface area (Å²) in [7, 11) is 0. The van der Waals surface area contributed by atoms with Gasteiger partial charge in [-0.05, 0) is 31.4 Å². The number of carbonyl (C=O) groups excluding carboxylic acids is 1. The second kappa shape index (κ2) is 4.45. The van der Waals surface area contributed by atoms with Crippen molar-refractivity contribution < 1.29 is 4.79 Å². The van der Waals surface area contributed by atoms with E-state index in [1.54, 1.807) is 17.0 Å². The topological polar surface area (TPSA) is 34.9 Å². The van der Waals surface area contributed by atoms with E-state index in [1.807, 2.05) is 37.4 Å². The average Bonchev–Trinajstić information content (AvgIpc) is 2.84. The molecule has 82 valence electrons. The van der Waals surface area contributed by atoms with Gasteiger partial charge in [0, 0.05) is 18.0 Å². The summed E-state index contributed by atoms with van der Waals surface area (Å²) in [6.45, 7) is 3.89. The first-order valence-corrected chi connectivity index (χ1v) is 5.83. The molecule has 0 spiro atoms. The minimum absolute atomic E-state index is 0.0163. The lowest BCUT2D eigenvalue weighted by molar-refractivity contribution is 0.105. The maximum atomic E-state index is 11.7. The normalized spacial score (nSPS) is 11.1. The summed E-state index contributed by atoms with van der Waals surface area (Å²) in [5.41, 5.74) is 1.97. The van der Waals surface area contributed by atoms with Crippen molar-refractivity contribution in [3.05, 3.63) is 45.9 Å². The molecule has 0 atom stereocenters. The van der Waals surface area contributed by atoms with Gasteiger partial charge < -0.3 is 0 Å². The van der Waals surface area contributed by atoms with E-state index in [-0.39, 0.29) is 5.78 Å². The fraction of sp³-hybridized carbons (Fsp3) is 0.167. The number of hydrogen-bond acceptors (Lipinski definition) is 3. The molecule has 0 aliphatic carbocycles. The highest BCUT2D eigenvalue weighted by Crippen LogP contribution is 2.10. The van der Waals surface area contributed by atoms with Crippen LogP contribution in [0.4, 0.5) is 0 Å². The molecule has 0 amide bonds. The van der Waals surface area contributed by atoms with Crippen LogP contribution in [0.2, 0.25) is 0 Å². The summed E-state index contributed by atoms with van der Waals surface area (Å²) in [5.74, 6) is 0.0163. The average molecular weight is 232 g/mol. The van der Waals surface area contributed by atoms with E-state index in [0.717, 1.165) is 16.3 Å². The third-order valence-electron chi connectivity index (χ3n) is 2.18. The zero-order valence-electron chi connectivity index (χ0n) is 9.18. The smallest absolute Gasteiger partial charge is 0.197 e. The largest absolute Gasteiger partial charge is 0.288 e. The van der Waals surface area contributed by atoms with E-state index in [9.17, 15) is 4.79 Å². The molecule has 2 aromatic heterocycles. The van der Waals surface area contributed by atoms with Gasteiger partial charge in [0.25, 0.3) is 0 Å². The number of ketones is 1. The van der Waals surface area contributed by atoms with Crippen molar-refractivity contribution >= 4 is 23.3 Å². The Morgan fingerprint density at radius 3 is 2.88 bits per heavy atom. The van der Waals surface area contributed by atoms with Gasteiger partial charge in [-0.1, -0.05) is 6.07 Å². The number of aromatic nitrogens is 2. The van der Waals surface area contributed by atoms with Crippen LogP contribution in [0.3, 0.4) is 0 Å². The molecule has 0 radical (unpaired) electrons. The molecule has 0 fully saturated rings. The van der Waals surface area contributed by atoms with Gasteiger partial charge in [-0.15, -0.1) is 11.3 Å². The summed E-state index contributed by atoms with van der Waals surface area (Å²) in [6.07, 6.45) is 3.25. The fourth-order valence-electron chi connectivity index (χ4n) is 1.44. The lowest BCUT2D eigenvalue weighted by Gasteiger charge is -1.94. The van der Waals surface area contributed by atoms with Crippen LogP contribution in [0, 0.1) is 13.8 Å². The first kappa shape index (κ1) is 10.8. The van der Waals surface area contributed by atoms with Crippen LogP contribution in [-0.4, -0.2) is 15.6 Å². The molecule has 16 heavy (non-hydrogen) atoms. The van der Waals surface area contributed by atoms with Crippen LogP contribution >= 0.6 is 11.3 Å². The predicted molar refractivity (Wildman–Crippen MR) is 65.7 cm³/mol. The third-order valence-corrected chi connectivity index (χ3v) is 3.06. The molecule has 0 aliphatic heterocycles. The minimum atomic E-state index is 0.0163. The maximum Gasteiger partial charge on any atom is 0.197 e. The first-order valence-electron chi connectivity index (χ1n) is 4.95. The molecule has 0 N–H and O–H groups in total. The molecular formula is C12H12N2OS. The number of thiophene rings is 1. The van der Waals surface area contributed by atoms with Gasteiger partial charge in [0.15, 0.2) is 5.78 Å². The second-order valence-corrected chi connectivity index (χ2v) is 4.48. The van der Waals surface area contributed by atoms with E-state index in [4.69, 9.17) is 0 Å². The Morgan fingerprint density at radius 1 is 1.50 bits per heavy atom. The lowest BCUT2D eigenvalue weighted by Crippen LogP contribution is -1.95. The van der Waals surface area contributed by atoms with Crippen molar-refractivity contribution in [2.75, 3.05) is 0 Å². The summed E-state index contributed by atoms with van der Waals surface area (Å²) in [6, 6.07) is 5.66. The zero-order chi connectivity index (χ0) is 11.5. The molecule has 2 heterocycles. The number of rotatable bonds is 3. The van der Waals surface area contributed by atoms with E-state index >= 15 is 0 Å². The van der Waals surface area contributed by atoms with E-state index in [1.165, 1.54) is 11.3 Å². The van der Waals surface area contributed by atoms with Crippen molar-refractivity contribution in [1.29, 1.82) is 0 Å². The van der Waals surface area contributed by atoms with Crippen LogP contribution < -0.4 is 0 Å². The van der Waals surface area contributed by atoms with Crippen LogP contribution in [0.1, 0.15) is 21.1 Å². The summed E-state index contributed by atoms with van der Waals surface area (Å²) < 4.78 is 1.71. The number of aryl methyl sites for hydroxylation is 2. The Morgan fingerprint density at radius 2 is 2.31 bits per heavy atom. The number of allylic oxidation sites excluding steroid dienone is 1. The highest BCUT2D eigenvalue weighted by atomic mass is 32.1. The Hall–Kier alpha value is -1.68. The standard InChI is InChI=1S/C12H12N2OS/c1-9-8-10(2)14(13-9)6-5-11(15)12-4-3-7-16-12/h3-8H,1-2H3/b6-5+. The minimum Gasteiger partial charge on any atom is -0.288 e. The van der Waals surface area contributed by atoms with Gasteiger partial charge >= 0.3 is 0 Å². The molecule has 2 rings (SSSR count). The van der Waals surface area contributed by atoms with Crippen molar-refractivity contribution in [1.82, 2.24) is 9.78 Å². The Kier molecular flexibility index (Phi) is 3.01. The van der Waals surface area contributed by atoms with E-state index < -0.39 is 0 Å². The van der Waals surface area contributed by atoms with Crippen LogP contribution in [0.15, 0.2) is 29.7 Å². The van der Waals surface area contributed by atoms with Crippen LogP contribution in [0.25, 0.3) is 6.20 Å². The van der Waals surface area contributed by atoms with Crippen LogP contribution in [0.5, 0.6) is 0 Å². The molecule has 0 aliphatic rings. The van der Waals surface area contributed by atoms with Crippen molar-refractivity contribution in [2.45, 2.75) is 13.8 Å². The van der Waals surface area contributed by atoms with Gasteiger partial charge in [0.1, 0.15) is 0 Å². The summed E-state index contributed by atoms with van der Waals surface area (Å²) >= 11 is 1.45. The molecule has 3 nitrogen and oxygen atoms in total. The molecule has 2 aromatic rings. The number of nitrogens with zero attached hydrogens (tertiary/aromatic N) is 2. The van der Waals surface area contributed by atoms with E-state index in [0.29, 0.717) is 0 Å². The third kappa shape index (κ3) is 2.28. The maximum absolute atomic E-state index is 11.7. The number of carbonyl (C=O) groups is 1. The second-order valence-electron chi connectivity index (χ2n) is 3.53. The van der Waals surface area contributed by atoms with Gasteiger partial charge in [0.05, 0.1) is 10.6 Å². The van der Waals surface area contributed by atoms with Gasteiger partial charge in [0.2, 0.25) is 0 Å². The van der Waals surface area contributed by atoms with Crippen molar-refractivity contribution in [2.24, 2.45) is 0 Å². The molecule has 0 saturated carbocycles. The highest BCUT2D eigenvalue weighted by Gasteiger charge is 2.02. The molecule has 0 unspecified atom stereocenters. The monoisotopic (exact) mass is 232 g/mol. The van der Waals surface area contributed by atoms with Crippen LogP contribution in [-0.2, 0) is 0 Å². The zero-order valence-corrected chi connectivity index (χ0v) is 9.99. The molecular weight excluding hydrogens is 220 g/mol. The van der Waals surface area contributed by atoms with Gasteiger partial charge in [-0.25, -0.2) is 4.68 Å². The first-order chi connectivity index (χ1) is 7.66. The fourth-order valence-corrected chi connectivity index (χ4v) is 2.08. The quantitative estimate of drug-likeness (QED) is 0.602. The van der Waals surface area contributed by atoms with Gasteiger partial charge in [-0.3, -0.25) is 4.79 Å². The lowest BCUT2D eigenvalue weighted by atomic mass is 10.3. The molecule has 0 aromatic carbocycles. The molecule has 0 saturated heterocycles. The van der Waals surface area contributed by atoms with Crippen molar-refractivity contribution in [3.63, 3.8) is 0 Å². The summed E-state index contributed by atoms with van der Waals surface area (Å²) in [5, 5.41) is 6.14. The van der Waals surface area contributed by atoms with E-state index in [2.05, 4.69) is 5.10 Å². The highest BCUT2D eigenvalue weighted by molar-refractivity contribution is 7.12. The number of hydrogen-bond donors (Lipinski definition) is 0. The Labute approximate surface area is 98.0 Å². The Balaban J connectivity index is 2.16. The van der Waals surface area contributed by atoms with Crippen molar-refractivity contribution in [3.8, 4) is 0 Å². The van der Waals surface area contributed by atoms with Gasteiger partial charge in [-0.2, -0.15) is 5.10 Å². The molecule has 0 bridgehead atoms. The predicted octanol–water partition coefficient (Wildman–Crippen LogP) is 2.92. The molecule has 4 heteroatoms.